The molecule has 0 spiro atoms. The fraction of sp³-hybridized carbons (Fsp3) is 0.0870. The maximum Gasteiger partial charge on any atom is 0.261 e. The number of anilines is 2. The topological polar surface area (TPSA) is 103 Å². The number of nitrogen functional groups attached to an aromatic ring is 1. The van der Waals surface area contributed by atoms with Crippen molar-refractivity contribution in [2.45, 2.75) is 6.54 Å². The van der Waals surface area contributed by atoms with Crippen LogP contribution in [0.15, 0.2) is 73.2 Å². The van der Waals surface area contributed by atoms with Gasteiger partial charge in [-0.25, -0.2) is 4.98 Å². The van der Waals surface area contributed by atoms with Gasteiger partial charge in [0, 0.05) is 31.0 Å². The maximum atomic E-state index is 13.5. The van der Waals surface area contributed by atoms with Gasteiger partial charge in [-0.2, -0.15) is 5.10 Å². The third kappa shape index (κ3) is 3.44. The molecular weight excluding hydrogens is 390 g/mol. The van der Waals surface area contributed by atoms with Crippen LogP contribution in [-0.2, 0) is 13.6 Å². The molecule has 31 heavy (non-hydrogen) atoms. The molecule has 0 aliphatic carbocycles. The molecule has 4 heterocycles. The lowest BCUT2D eigenvalue weighted by atomic mass is 10.1. The summed E-state index contributed by atoms with van der Waals surface area (Å²) in [6, 6.07) is 16.8. The molecule has 0 atom stereocenters. The van der Waals surface area contributed by atoms with Crippen LogP contribution in [0.4, 0.5) is 11.6 Å². The van der Waals surface area contributed by atoms with Crippen LogP contribution in [0.5, 0.6) is 0 Å². The highest BCUT2D eigenvalue weighted by Gasteiger charge is 2.24. The highest BCUT2D eigenvalue weighted by Crippen LogP contribution is 2.27. The minimum Gasteiger partial charge on any atom is -0.384 e. The van der Waals surface area contributed by atoms with Crippen LogP contribution in [0.3, 0.4) is 0 Å². The zero-order valence-electron chi connectivity index (χ0n) is 16.8. The van der Waals surface area contributed by atoms with E-state index in [1.807, 2.05) is 43.4 Å². The van der Waals surface area contributed by atoms with Crippen molar-refractivity contribution in [3.63, 3.8) is 0 Å². The normalized spacial score (nSPS) is 11.1. The summed E-state index contributed by atoms with van der Waals surface area (Å²) in [5.74, 6) is 0.736. The van der Waals surface area contributed by atoms with Crippen molar-refractivity contribution >= 4 is 39.5 Å². The molecule has 0 aliphatic rings. The second kappa shape index (κ2) is 7.49. The molecule has 0 saturated carbocycles. The van der Waals surface area contributed by atoms with Crippen molar-refractivity contribution in [3.05, 3.63) is 84.3 Å². The number of nitrogens with two attached hydrogens (primary N) is 1. The minimum atomic E-state index is -0.209. The van der Waals surface area contributed by atoms with E-state index >= 15 is 0 Å². The number of amides is 1. The number of carbonyl (C=O) groups excluding carboxylic acids is 1. The molecule has 152 valence electrons. The monoisotopic (exact) mass is 409 g/mol. The SMILES string of the molecule is Cn1nc(N(Cc2ccc3ccc(N)nc3c2)C(=O)c2cccnc2)c2ncccc21. The molecule has 1 aromatic carbocycles. The van der Waals surface area contributed by atoms with Crippen LogP contribution in [-0.4, -0.2) is 30.6 Å². The molecule has 8 heteroatoms. The number of hydrogen-bond donors (Lipinski definition) is 1. The summed E-state index contributed by atoms with van der Waals surface area (Å²) in [6.45, 7) is 0.294. The number of carbonyl (C=O) groups is 1. The standard InChI is InChI=1S/C23H19N7O/c1-29-19-5-3-11-26-21(19)22(28-29)30(23(31)17-4-2-10-25-13-17)14-15-6-7-16-8-9-20(24)27-18(16)12-15/h2-13H,14H2,1H3,(H2,24,27). The number of nitrogens with zero attached hydrogens (tertiary/aromatic N) is 6. The van der Waals surface area contributed by atoms with E-state index in [4.69, 9.17) is 5.73 Å². The molecule has 5 rings (SSSR count). The molecule has 8 nitrogen and oxygen atoms in total. The van der Waals surface area contributed by atoms with Gasteiger partial charge in [-0.05, 0) is 48.0 Å². The van der Waals surface area contributed by atoms with Crippen molar-refractivity contribution < 1.29 is 4.79 Å². The zero-order valence-corrected chi connectivity index (χ0v) is 16.8. The van der Waals surface area contributed by atoms with Crippen LogP contribution in [0, 0.1) is 0 Å². The Morgan fingerprint density at radius 2 is 1.94 bits per heavy atom. The van der Waals surface area contributed by atoms with Crippen molar-refractivity contribution in [3.8, 4) is 0 Å². The fourth-order valence-corrected chi connectivity index (χ4v) is 3.60. The Bertz CT molecular complexity index is 1410. The van der Waals surface area contributed by atoms with E-state index in [-0.39, 0.29) is 5.91 Å². The number of aromatic nitrogens is 5. The lowest BCUT2D eigenvalue weighted by Crippen LogP contribution is -2.31. The number of benzene rings is 1. The van der Waals surface area contributed by atoms with Gasteiger partial charge >= 0.3 is 0 Å². The molecule has 0 bridgehead atoms. The summed E-state index contributed by atoms with van der Waals surface area (Å²) < 4.78 is 1.73. The summed E-state index contributed by atoms with van der Waals surface area (Å²) in [7, 11) is 1.84. The van der Waals surface area contributed by atoms with E-state index in [2.05, 4.69) is 20.1 Å². The van der Waals surface area contributed by atoms with Crippen molar-refractivity contribution in [2.75, 3.05) is 10.6 Å². The van der Waals surface area contributed by atoms with Crippen LogP contribution < -0.4 is 10.6 Å². The van der Waals surface area contributed by atoms with E-state index in [1.54, 1.807) is 46.4 Å². The highest BCUT2D eigenvalue weighted by atomic mass is 16.2. The first kappa shape index (κ1) is 18.7. The van der Waals surface area contributed by atoms with Crippen molar-refractivity contribution in [1.29, 1.82) is 0 Å². The van der Waals surface area contributed by atoms with Crippen molar-refractivity contribution in [1.82, 2.24) is 24.7 Å². The summed E-state index contributed by atoms with van der Waals surface area (Å²) in [5.41, 5.74) is 9.50. The van der Waals surface area contributed by atoms with Gasteiger partial charge in [0.25, 0.3) is 5.91 Å². The Kier molecular flexibility index (Phi) is 4.51. The van der Waals surface area contributed by atoms with Gasteiger partial charge < -0.3 is 5.73 Å². The second-order valence-electron chi connectivity index (χ2n) is 7.21. The molecule has 0 radical (unpaired) electrons. The van der Waals surface area contributed by atoms with Gasteiger partial charge in [-0.1, -0.05) is 12.1 Å². The molecule has 0 aliphatic heterocycles. The van der Waals surface area contributed by atoms with Crippen LogP contribution in [0.2, 0.25) is 0 Å². The highest BCUT2D eigenvalue weighted by molar-refractivity contribution is 6.08. The molecule has 0 saturated heterocycles. The van der Waals surface area contributed by atoms with Crippen molar-refractivity contribution in [2.24, 2.45) is 7.05 Å². The first-order valence-electron chi connectivity index (χ1n) is 9.75. The van der Waals surface area contributed by atoms with E-state index in [9.17, 15) is 4.79 Å². The summed E-state index contributed by atoms with van der Waals surface area (Å²) in [4.78, 5) is 28.1. The lowest BCUT2D eigenvalue weighted by Gasteiger charge is -2.21. The predicted octanol–water partition coefficient (Wildman–Crippen LogP) is 3.34. The van der Waals surface area contributed by atoms with Crippen LogP contribution in [0.25, 0.3) is 21.9 Å². The van der Waals surface area contributed by atoms with Crippen LogP contribution >= 0.6 is 0 Å². The molecule has 5 aromatic rings. The average Bonchev–Trinajstić information content (AvgIpc) is 3.14. The molecule has 0 fully saturated rings. The smallest absolute Gasteiger partial charge is 0.261 e. The first-order chi connectivity index (χ1) is 15.1. The molecule has 1 amide bonds. The van der Waals surface area contributed by atoms with Gasteiger partial charge in [0.1, 0.15) is 11.3 Å². The van der Waals surface area contributed by atoms with Crippen LogP contribution in [0.1, 0.15) is 15.9 Å². The second-order valence-corrected chi connectivity index (χ2v) is 7.21. The number of aryl methyl sites for hydroxylation is 1. The van der Waals surface area contributed by atoms with E-state index in [0.717, 1.165) is 22.0 Å². The molecule has 0 unspecified atom stereocenters. The largest absolute Gasteiger partial charge is 0.384 e. The first-order valence-corrected chi connectivity index (χ1v) is 9.75. The summed E-state index contributed by atoms with van der Waals surface area (Å²) >= 11 is 0. The van der Waals surface area contributed by atoms with E-state index in [1.165, 1.54) is 0 Å². The molecule has 4 aromatic heterocycles. The minimum absolute atomic E-state index is 0.209. The maximum absolute atomic E-state index is 13.5. The van der Waals surface area contributed by atoms with Gasteiger partial charge in [0.2, 0.25) is 0 Å². The van der Waals surface area contributed by atoms with Gasteiger partial charge in [-0.15, -0.1) is 0 Å². The summed E-state index contributed by atoms with van der Waals surface area (Å²) in [6.07, 6.45) is 4.89. The molecule has 2 N–H and O–H groups in total. The zero-order chi connectivity index (χ0) is 21.4. The Hall–Kier alpha value is -4.33. The molecular formula is C23H19N7O. The number of rotatable bonds is 4. The predicted molar refractivity (Wildman–Crippen MR) is 119 cm³/mol. The summed E-state index contributed by atoms with van der Waals surface area (Å²) in [5, 5.41) is 5.59. The lowest BCUT2D eigenvalue weighted by molar-refractivity contribution is 0.0984. The number of pyridine rings is 3. The van der Waals surface area contributed by atoms with E-state index < -0.39 is 0 Å². The van der Waals surface area contributed by atoms with Gasteiger partial charge in [0.15, 0.2) is 5.82 Å². The fourth-order valence-electron chi connectivity index (χ4n) is 3.60. The third-order valence-electron chi connectivity index (χ3n) is 5.12. The Morgan fingerprint density at radius 3 is 2.77 bits per heavy atom. The third-order valence-corrected chi connectivity index (χ3v) is 5.12. The number of hydrogen-bond acceptors (Lipinski definition) is 6. The number of fused-ring (bicyclic) bond motifs is 2. The van der Waals surface area contributed by atoms with Gasteiger partial charge in [0.05, 0.1) is 23.1 Å². The van der Waals surface area contributed by atoms with Gasteiger partial charge in [-0.3, -0.25) is 24.3 Å². The average molecular weight is 409 g/mol. The Morgan fingerprint density at radius 1 is 1.10 bits per heavy atom. The Labute approximate surface area is 178 Å². The Balaban J connectivity index is 1.63. The quantitative estimate of drug-likeness (QED) is 0.488. The van der Waals surface area contributed by atoms with E-state index in [0.29, 0.717) is 29.3 Å².